The van der Waals surface area contributed by atoms with Gasteiger partial charge in [0.1, 0.15) is 12.1 Å². The van der Waals surface area contributed by atoms with Gasteiger partial charge in [-0.3, -0.25) is 0 Å². The second kappa shape index (κ2) is 5.91. The number of aromatic nitrogens is 6. The lowest BCUT2D eigenvalue weighted by Crippen LogP contribution is -2.53. The smallest absolute Gasteiger partial charge is 0.228 e. The Labute approximate surface area is 138 Å². The summed E-state index contributed by atoms with van der Waals surface area (Å²) in [6, 6.07) is 5.94. The molecule has 0 N–H and O–H groups in total. The van der Waals surface area contributed by atoms with E-state index in [1.165, 1.54) is 0 Å². The first-order valence-corrected chi connectivity index (χ1v) is 7.80. The molecule has 3 aromatic rings. The van der Waals surface area contributed by atoms with E-state index in [2.05, 4.69) is 42.0 Å². The minimum Gasteiger partial charge on any atom is -0.481 e. The van der Waals surface area contributed by atoms with Crippen LogP contribution < -0.4 is 14.5 Å². The number of ether oxygens (including phenoxy) is 1. The molecule has 4 rings (SSSR count). The van der Waals surface area contributed by atoms with Gasteiger partial charge in [0.25, 0.3) is 0 Å². The van der Waals surface area contributed by atoms with Gasteiger partial charge in [0, 0.05) is 37.9 Å². The minimum atomic E-state index is 0.273. The van der Waals surface area contributed by atoms with Gasteiger partial charge in [-0.25, -0.2) is 4.98 Å². The zero-order chi connectivity index (χ0) is 16.5. The lowest BCUT2D eigenvalue weighted by atomic mass is 10.2. The maximum Gasteiger partial charge on any atom is 0.228 e. The normalized spacial score (nSPS) is 18.2. The van der Waals surface area contributed by atoms with E-state index in [9.17, 15) is 0 Å². The molecule has 4 heterocycles. The molecule has 0 amide bonds. The van der Waals surface area contributed by atoms with E-state index in [1.807, 2.05) is 12.1 Å². The molecular formula is C15H18N8O. The fourth-order valence-corrected chi connectivity index (χ4v) is 2.95. The molecule has 0 spiro atoms. The van der Waals surface area contributed by atoms with Crippen LogP contribution >= 0.6 is 0 Å². The summed E-state index contributed by atoms with van der Waals surface area (Å²) in [4.78, 5) is 13.2. The van der Waals surface area contributed by atoms with Crippen LogP contribution in [0.15, 0.2) is 30.7 Å². The van der Waals surface area contributed by atoms with Crippen LogP contribution in [0.1, 0.15) is 6.92 Å². The van der Waals surface area contributed by atoms with Crippen LogP contribution in [0.3, 0.4) is 0 Å². The van der Waals surface area contributed by atoms with Crippen LogP contribution in [-0.4, -0.2) is 62.6 Å². The third kappa shape index (κ3) is 2.57. The predicted molar refractivity (Wildman–Crippen MR) is 88.4 cm³/mol. The molecule has 24 heavy (non-hydrogen) atoms. The number of nitrogens with zero attached hydrogens (tertiary/aromatic N) is 8. The number of hydrogen-bond acceptors (Lipinski definition) is 8. The van der Waals surface area contributed by atoms with Crippen molar-refractivity contribution in [3.63, 3.8) is 0 Å². The van der Waals surface area contributed by atoms with Crippen LogP contribution in [0, 0.1) is 0 Å². The second-order valence-electron chi connectivity index (χ2n) is 5.71. The summed E-state index contributed by atoms with van der Waals surface area (Å²) in [6.45, 7) is 4.64. The van der Waals surface area contributed by atoms with Gasteiger partial charge in [0.15, 0.2) is 5.65 Å². The fraction of sp³-hybridized carbons (Fsp3) is 0.400. The van der Waals surface area contributed by atoms with E-state index in [1.54, 1.807) is 30.2 Å². The molecule has 0 unspecified atom stereocenters. The minimum absolute atomic E-state index is 0.273. The van der Waals surface area contributed by atoms with Gasteiger partial charge in [-0.15, -0.1) is 15.3 Å². The average Bonchev–Trinajstić information content (AvgIpc) is 3.09. The summed E-state index contributed by atoms with van der Waals surface area (Å²) in [5.74, 6) is 2.19. The number of hydrogen-bond donors (Lipinski definition) is 0. The van der Waals surface area contributed by atoms with Crippen LogP contribution in [0.25, 0.3) is 5.65 Å². The standard InChI is InChI=1S/C15H18N8O/c1-11-9-21(15-16-6-5-14(18-15)24-2)7-8-22(11)13-4-3-12-19-17-10-23(12)20-13/h3-6,10-11H,7-9H2,1-2H3/t11-/m0/s1. The molecule has 0 saturated carbocycles. The lowest BCUT2D eigenvalue weighted by Gasteiger charge is -2.40. The molecule has 1 aliphatic rings. The first kappa shape index (κ1) is 14.6. The highest BCUT2D eigenvalue weighted by Crippen LogP contribution is 2.21. The Morgan fingerprint density at radius 3 is 2.96 bits per heavy atom. The Bertz CT molecular complexity index is 850. The van der Waals surface area contributed by atoms with Crippen molar-refractivity contribution in [3.8, 4) is 5.88 Å². The van der Waals surface area contributed by atoms with Crippen molar-refractivity contribution in [3.05, 3.63) is 30.7 Å². The zero-order valence-corrected chi connectivity index (χ0v) is 13.6. The van der Waals surface area contributed by atoms with Crippen molar-refractivity contribution < 1.29 is 4.74 Å². The molecule has 0 aliphatic carbocycles. The molecule has 0 radical (unpaired) electrons. The van der Waals surface area contributed by atoms with Crippen LogP contribution in [-0.2, 0) is 0 Å². The van der Waals surface area contributed by atoms with Crippen molar-refractivity contribution in [1.82, 2.24) is 29.8 Å². The van der Waals surface area contributed by atoms with Crippen LogP contribution in [0.5, 0.6) is 5.88 Å². The van der Waals surface area contributed by atoms with Gasteiger partial charge in [-0.2, -0.15) is 9.50 Å². The molecule has 9 nitrogen and oxygen atoms in total. The molecule has 1 atom stereocenters. The zero-order valence-electron chi connectivity index (χ0n) is 13.6. The largest absolute Gasteiger partial charge is 0.481 e. The van der Waals surface area contributed by atoms with Crippen LogP contribution in [0.2, 0.25) is 0 Å². The fourth-order valence-electron chi connectivity index (χ4n) is 2.95. The van der Waals surface area contributed by atoms with E-state index < -0.39 is 0 Å². The highest BCUT2D eigenvalue weighted by Gasteiger charge is 2.26. The number of methoxy groups -OCH3 is 1. The molecule has 1 saturated heterocycles. The maximum atomic E-state index is 5.18. The van der Waals surface area contributed by atoms with Crippen molar-refractivity contribution in [1.29, 1.82) is 0 Å². The molecule has 3 aromatic heterocycles. The third-order valence-corrected chi connectivity index (χ3v) is 4.18. The SMILES string of the molecule is COc1ccnc(N2CCN(c3ccc4nncn4n3)[C@@H](C)C2)n1. The van der Waals surface area contributed by atoms with Crippen molar-refractivity contribution in [2.75, 3.05) is 36.5 Å². The van der Waals surface area contributed by atoms with Gasteiger partial charge in [0.2, 0.25) is 11.8 Å². The number of anilines is 2. The summed E-state index contributed by atoms with van der Waals surface area (Å²) >= 11 is 0. The van der Waals surface area contributed by atoms with E-state index in [0.29, 0.717) is 11.8 Å². The quantitative estimate of drug-likeness (QED) is 0.693. The second-order valence-corrected chi connectivity index (χ2v) is 5.71. The average molecular weight is 326 g/mol. The number of fused-ring (bicyclic) bond motifs is 1. The summed E-state index contributed by atoms with van der Waals surface area (Å²) in [7, 11) is 1.61. The molecule has 0 aromatic carbocycles. The monoisotopic (exact) mass is 326 g/mol. The summed E-state index contributed by atoms with van der Waals surface area (Å²) < 4.78 is 6.88. The first-order chi connectivity index (χ1) is 11.7. The molecule has 0 bridgehead atoms. The number of piperazine rings is 1. The van der Waals surface area contributed by atoms with Crippen molar-refractivity contribution in [2.45, 2.75) is 13.0 Å². The first-order valence-electron chi connectivity index (χ1n) is 7.80. The van der Waals surface area contributed by atoms with Crippen molar-refractivity contribution >= 4 is 17.4 Å². The van der Waals surface area contributed by atoms with Gasteiger partial charge >= 0.3 is 0 Å². The predicted octanol–water partition coefficient (Wildman–Crippen LogP) is 0.638. The Morgan fingerprint density at radius 2 is 2.12 bits per heavy atom. The molecule has 1 aliphatic heterocycles. The topological polar surface area (TPSA) is 84.6 Å². The van der Waals surface area contributed by atoms with E-state index in [-0.39, 0.29) is 6.04 Å². The van der Waals surface area contributed by atoms with Crippen molar-refractivity contribution in [2.24, 2.45) is 0 Å². The van der Waals surface area contributed by atoms with Gasteiger partial charge in [-0.1, -0.05) is 0 Å². The third-order valence-electron chi connectivity index (χ3n) is 4.18. The summed E-state index contributed by atoms with van der Waals surface area (Å²) in [5, 5.41) is 12.4. The van der Waals surface area contributed by atoms with Crippen LogP contribution in [0.4, 0.5) is 11.8 Å². The highest BCUT2D eigenvalue weighted by atomic mass is 16.5. The van der Waals surface area contributed by atoms with E-state index in [4.69, 9.17) is 4.74 Å². The lowest BCUT2D eigenvalue weighted by molar-refractivity contribution is 0.396. The Morgan fingerprint density at radius 1 is 1.21 bits per heavy atom. The van der Waals surface area contributed by atoms with Gasteiger partial charge in [0.05, 0.1) is 7.11 Å². The summed E-state index contributed by atoms with van der Waals surface area (Å²) in [5.41, 5.74) is 0.745. The molecule has 9 heteroatoms. The number of rotatable bonds is 3. The molecule has 124 valence electrons. The van der Waals surface area contributed by atoms with Gasteiger partial charge < -0.3 is 14.5 Å². The Hall–Kier alpha value is -2.97. The Kier molecular flexibility index (Phi) is 3.60. The Balaban J connectivity index is 1.53. The van der Waals surface area contributed by atoms with E-state index in [0.717, 1.165) is 31.1 Å². The maximum absolute atomic E-state index is 5.18. The van der Waals surface area contributed by atoms with E-state index >= 15 is 0 Å². The molecule has 1 fully saturated rings. The highest BCUT2D eigenvalue weighted by molar-refractivity contribution is 5.48. The van der Waals surface area contributed by atoms with Gasteiger partial charge in [-0.05, 0) is 19.1 Å². The summed E-state index contributed by atoms with van der Waals surface area (Å²) in [6.07, 6.45) is 3.34. The molecular weight excluding hydrogens is 308 g/mol.